The van der Waals surface area contributed by atoms with E-state index in [-0.39, 0.29) is 18.4 Å². The first-order valence-electron chi connectivity index (χ1n) is 17.0. The second-order valence-corrected chi connectivity index (χ2v) is 13.0. The van der Waals surface area contributed by atoms with Crippen LogP contribution < -0.4 is 15.4 Å². The highest BCUT2D eigenvalue weighted by atomic mass is 16.6. The fourth-order valence-corrected chi connectivity index (χ4v) is 6.43. The SMILES string of the molecule is CC(C)OC(=O)NC(Cc1ccccc1)C(O)CC(Cc1ccc(OCCN2CCOCC2)cc1)C(=O)N[C@H]1c2ccccc2C[C@@H]1O. The van der Waals surface area contributed by atoms with Crippen molar-refractivity contribution in [3.8, 4) is 5.75 Å². The third kappa shape index (κ3) is 10.3. The van der Waals surface area contributed by atoms with Crippen LogP contribution >= 0.6 is 0 Å². The number of morpholine rings is 1. The van der Waals surface area contributed by atoms with E-state index in [0.717, 1.165) is 60.9 Å². The summed E-state index contributed by atoms with van der Waals surface area (Å²) in [5.74, 6) is -0.187. The number of aliphatic hydroxyl groups is 2. The van der Waals surface area contributed by atoms with E-state index in [4.69, 9.17) is 14.2 Å². The zero-order valence-electron chi connectivity index (χ0n) is 27.9. The van der Waals surface area contributed by atoms with E-state index >= 15 is 0 Å². The fraction of sp³-hybridized carbons (Fsp3) is 0.474. The number of rotatable bonds is 15. The maximum atomic E-state index is 14.0. The lowest BCUT2D eigenvalue weighted by atomic mass is 9.88. The molecule has 0 bridgehead atoms. The molecule has 1 heterocycles. The van der Waals surface area contributed by atoms with Gasteiger partial charge in [0.15, 0.2) is 0 Å². The zero-order chi connectivity index (χ0) is 33.9. The van der Waals surface area contributed by atoms with Crippen molar-refractivity contribution < 1.29 is 34.0 Å². The number of carbonyl (C=O) groups is 2. The van der Waals surface area contributed by atoms with Crippen molar-refractivity contribution in [3.05, 3.63) is 101 Å². The van der Waals surface area contributed by atoms with Crippen molar-refractivity contribution >= 4 is 12.0 Å². The number of fused-ring (bicyclic) bond motifs is 1. The molecule has 1 aliphatic carbocycles. The van der Waals surface area contributed by atoms with E-state index in [9.17, 15) is 19.8 Å². The van der Waals surface area contributed by atoms with E-state index in [1.54, 1.807) is 13.8 Å². The van der Waals surface area contributed by atoms with E-state index in [1.807, 2.05) is 78.9 Å². The van der Waals surface area contributed by atoms with Crippen LogP contribution in [-0.2, 0) is 33.5 Å². The van der Waals surface area contributed by atoms with Gasteiger partial charge in [-0.2, -0.15) is 0 Å². The third-order valence-corrected chi connectivity index (χ3v) is 8.99. The summed E-state index contributed by atoms with van der Waals surface area (Å²) in [6, 6.07) is 23.7. The Kier molecular flexibility index (Phi) is 12.8. The number of nitrogens with one attached hydrogen (secondary N) is 2. The molecule has 2 aliphatic rings. The number of ether oxygens (including phenoxy) is 3. The highest BCUT2D eigenvalue weighted by Gasteiger charge is 2.35. The molecule has 1 saturated heterocycles. The maximum Gasteiger partial charge on any atom is 0.407 e. The standard InChI is InChI=1S/C38H49N3O7/c1-26(2)48-38(45)39-33(23-27-8-4-3-5-9-27)34(42)25-30(37(44)40-36-32-11-7-6-10-29(32)24-35(36)43)22-28-12-14-31(15-13-28)47-21-18-41-16-19-46-20-17-41/h3-15,26,30,33-36,42-43H,16-25H2,1-2H3,(H,39,45)(H,40,44)/t30?,33?,34?,35-,36-/m0/s1. The first-order valence-corrected chi connectivity index (χ1v) is 17.0. The molecule has 4 N–H and O–H groups in total. The Balaban J connectivity index is 1.30. The Morgan fingerprint density at radius 3 is 2.35 bits per heavy atom. The first-order chi connectivity index (χ1) is 23.2. The highest BCUT2D eigenvalue weighted by molar-refractivity contribution is 5.80. The largest absolute Gasteiger partial charge is 0.492 e. The van der Waals surface area contributed by atoms with Crippen LogP contribution in [0.1, 0.15) is 48.6 Å². The lowest BCUT2D eigenvalue weighted by Crippen LogP contribution is -2.48. The predicted octanol–water partition coefficient (Wildman–Crippen LogP) is 3.83. The molecule has 0 radical (unpaired) electrons. The van der Waals surface area contributed by atoms with Crippen LogP contribution in [-0.4, -0.2) is 90.9 Å². The van der Waals surface area contributed by atoms with E-state index in [2.05, 4.69) is 15.5 Å². The molecule has 5 rings (SSSR count). The van der Waals surface area contributed by atoms with E-state index in [1.165, 1.54) is 0 Å². The molecule has 5 atom stereocenters. The van der Waals surface area contributed by atoms with Gasteiger partial charge >= 0.3 is 6.09 Å². The maximum absolute atomic E-state index is 14.0. The predicted molar refractivity (Wildman–Crippen MR) is 183 cm³/mol. The number of alkyl carbamates (subject to hydrolysis) is 1. The molecule has 3 aromatic rings. The third-order valence-electron chi connectivity index (χ3n) is 8.99. The Morgan fingerprint density at radius 2 is 1.62 bits per heavy atom. The van der Waals surface area contributed by atoms with Crippen LogP contribution in [0.3, 0.4) is 0 Å². The molecule has 0 spiro atoms. The van der Waals surface area contributed by atoms with Crippen LogP contribution in [0.2, 0.25) is 0 Å². The molecule has 0 aromatic heterocycles. The normalized spacial score (nSPS) is 19.6. The molecule has 3 unspecified atom stereocenters. The Morgan fingerprint density at radius 1 is 0.938 bits per heavy atom. The molecule has 1 fully saturated rings. The van der Waals surface area contributed by atoms with Crippen LogP contribution in [0.25, 0.3) is 0 Å². The van der Waals surface area contributed by atoms with Crippen LogP contribution in [0.5, 0.6) is 5.75 Å². The summed E-state index contributed by atoms with van der Waals surface area (Å²) in [6.07, 6.45) is -1.53. The minimum Gasteiger partial charge on any atom is -0.492 e. The second kappa shape index (κ2) is 17.4. The van der Waals surface area contributed by atoms with Crippen LogP contribution in [0, 0.1) is 5.92 Å². The summed E-state index contributed by atoms with van der Waals surface area (Å²) in [6.45, 7) is 8.21. The van der Waals surface area contributed by atoms with Gasteiger partial charge in [0.25, 0.3) is 0 Å². The van der Waals surface area contributed by atoms with Gasteiger partial charge in [-0.15, -0.1) is 0 Å². The molecule has 1 aliphatic heterocycles. The van der Waals surface area contributed by atoms with E-state index in [0.29, 0.717) is 25.9 Å². The van der Waals surface area contributed by atoms with Crippen molar-refractivity contribution in [1.82, 2.24) is 15.5 Å². The van der Waals surface area contributed by atoms with Gasteiger partial charge in [-0.25, -0.2) is 4.79 Å². The zero-order valence-corrected chi connectivity index (χ0v) is 27.9. The first kappa shape index (κ1) is 35.3. The smallest absolute Gasteiger partial charge is 0.407 e. The average molecular weight is 660 g/mol. The number of carbonyl (C=O) groups excluding carboxylic acids is 2. The van der Waals surface area contributed by atoms with Gasteiger partial charge in [-0.05, 0) is 67.5 Å². The lowest BCUT2D eigenvalue weighted by molar-refractivity contribution is -0.127. The highest BCUT2D eigenvalue weighted by Crippen LogP contribution is 2.32. The summed E-state index contributed by atoms with van der Waals surface area (Å²) in [7, 11) is 0. The molecule has 0 saturated carbocycles. The lowest BCUT2D eigenvalue weighted by Gasteiger charge is -2.29. The molecule has 10 heteroatoms. The van der Waals surface area contributed by atoms with Crippen LogP contribution in [0.4, 0.5) is 4.79 Å². The van der Waals surface area contributed by atoms with Gasteiger partial charge in [0.2, 0.25) is 5.91 Å². The Labute approximate surface area is 283 Å². The second-order valence-electron chi connectivity index (χ2n) is 13.0. The van der Waals surface area contributed by atoms with Gasteiger partial charge in [0, 0.05) is 32.0 Å². The number of aliphatic hydroxyl groups excluding tert-OH is 2. The number of hydrogen-bond donors (Lipinski definition) is 4. The fourth-order valence-electron chi connectivity index (χ4n) is 6.43. The van der Waals surface area contributed by atoms with Crippen molar-refractivity contribution in [1.29, 1.82) is 0 Å². The minimum atomic E-state index is -1.07. The summed E-state index contributed by atoms with van der Waals surface area (Å²) in [4.78, 5) is 29.0. The summed E-state index contributed by atoms with van der Waals surface area (Å²) in [5, 5.41) is 28.4. The molecule has 10 nitrogen and oxygen atoms in total. The molecule has 258 valence electrons. The summed E-state index contributed by atoms with van der Waals surface area (Å²) in [5.41, 5.74) is 3.74. The summed E-state index contributed by atoms with van der Waals surface area (Å²) < 4.78 is 16.7. The Hall–Kier alpha value is -3.96. The molecule has 48 heavy (non-hydrogen) atoms. The van der Waals surface area contributed by atoms with Gasteiger partial charge < -0.3 is 35.1 Å². The van der Waals surface area contributed by atoms with Gasteiger partial charge in [0.1, 0.15) is 12.4 Å². The van der Waals surface area contributed by atoms with Crippen molar-refractivity contribution in [2.75, 3.05) is 39.5 Å². The van der Waals surface area contributed by atoms with Gasteiger partial charge in [-0.1, -0.05) is 66.7 Å². The number of hydrogen-bond acceptors (Lipinski definition) is 8. The van der Waals surface area contributed by atoms with Gasteiger partial charge in [0.05, 0.1) is 43.6 Å². The van der Waals surface area contributed by atoms with Crippen molar-refractivity contribution in [3.63, 3.8) is 0 Å². The van der Waals surface area contributed by atoms with E-state index < -0.39 is 36.3 Å². The minimum absolute atomic E-state index is 0.0769. The monoisotopic (exact) mass is 659 g/mol. The number of nitrogens with zero attached hydrogens (tertiary/aromatic N) is 1. The molecule has 2 amide bonds. The van der Waals surface area contributed by atoms with Crippen LogP contribution in [0.15, 0.2) is 78.9 Å². The van der Waals surface area contributed by atoms with Crippen molar-refractivity contribution in [2.45, 2.75) is 69.9 Å². The molecular formula is C38H49N3O7. The molecular weight excluding hydrogens is 610 g/mol. The number of amides is 2. The average Bonchev–Trinajstić information content (AvgIpc) is 3.39. The topological polar surface area (TPSA) is 130 Å². The Bertz CT molecular complexity index is 1450. The summed E-state index contributed by atoms with van der Waals surface area (Å²) >= 11 is 0. The quantitative estimate of drug-likeness (QED) is 0.194. The van der Waals surface area contributed by atoms with Crippen molar-refractivity contribution in [2.24, 2.45) is 5.92 Å². The number of benzene rings is 3. The molecule has 3 aromatic carbocycles. The van der Waals surface area contributed by atoms with Gasteiger partial charge in [-0.3, -0.25) is 9.69 Å².